The minimum atomic E-state index is -0.726. The Kier molecular flexibility index (Phi) is 7.05. The number of nitrogens with one attached hydrogen (secondary N) is 2. The van der Waals surface area contributed by atoms with Gasteiger partial charge in [-0.1, -0.05) is 42.5 Å². The molecule has 150 valence electrons. The Hall–Kier alpha value is -3.54. The van der Waals surface area contributed by atoms with E-state index >= 15 is 0 Å². The summed E-state index contributed by atoms with van der Waals surface area (Å²) in [6, 6.07) is 19.7. The van der Waals surface area contributed by atoms with Gasteiger partial charge >= 0.3 is 0 Å². The van der Waals surface area contributed by atoms with Crippen LogP contribution in [0.5, 0.6) is 5.75 Å². The average Bonchev–Trinajstić information content (AvgIpc) is 3.26. The van der Waals surface area contributed by atoms with Crippen molar-refractivity contribution in [3.05, 3.63) is 89.9 Å². The molecule has 0 bridgehead atoms. The number of rotatable bonds is 9. The molecule has 1 unspecified atom stereocenters. The quantitative estimate of drug-likeness (QED) is 0.587. The van der Waals surface area contributed by atoms with E-state index in [1.165, 1.54) is 0 Å². The van der Waals surface area contributed by atoms with Crippen molar-refractivity contribution in [2.75, 3.05) is 7.11 Å². The third kappa shape index (κ3) is 6.24. The van der Waals surface area contributed by atoms with Gasteiger partial charge in [0, 0.05) is 13.0 Å². The lowest BCUT2D eigenvalue weighted by molar-refractivity contribution is -0.128. The SMILES string of the molecule is COc1ccc(CC(=O)NC(Cc2ccco2)C(=O)NCc2ccccc2)cc1. The maximum absolute atomic E-state index is 12.7. The van der Waals surface area contributed by atoms with Crippen LogP contribution in [0.15, 0.2) is 77.4 Å². The zero-order valence-corrected chi connectivity index (χ0v) is 16.3. The summed E-state index contributed by atoms with van der Waals surface area (Å²) in [6.45, 7) is 0.392. The molecule has 0 radical (unpaired) electrons. The van der Waals surface area contributed by atoms with E-state index in [9.17, 15) is 9.59 Å². The highest BCUT2D eigenvalue weighted by Gasteiger charge is 2.22. The molecule has 6 nitrogen and oxygen atoms in total. The van der Waals surface area contributed by atoms with Gasteiger partial charge in [0.1, 0.15) is 17.6 Å². The second-order valence-electron chi connectivity index (χ2n) is 6.63. The Balaban J connectivity index is 1.62. The normalized spacial score (nSPS) is 11.5. The third-order valence-corrected chi connectivity index (χ3v) is 4.47. The van der Waals surface area contributed by atoms with Gasteiger partial charge in [0.15, 0.2) is 0 Å². The molecule has 3 rings (SSSR count). The van der Waals surface area contributed by atoms with Crippen molar-refractivity contribution in [2.45, 2.75) is 25.4 Å². The van der Waals surface area contributed by atoms with E-state index in [1.54, 1.807) is 37.6 Å². The van der Waals surface area contributed by atoms with E-state index in [0.29, 0.717) is 12.3 Å². The second kappa shape index (κ2) is 10.1. The van der Waals surface area contributed by atoms with Gasteiger partial charge in [0.05, 0.1) is 19.8 Å². The van der Waals surface area contributed by atoms with Crippen LogP contribution in [0.4, 0.5) is 0 Å². The molecule has 1 aromatic heterocycles. The first-order chi connectivity index (χ1) is 14.1. The van der Waals surface area contributed by atoms with Crippen molar-refractivity contribution < 1.29 is 18.7 Å². The minimum Gasteiger partial charge on any atom is -0.497 e. The number of hydrogen-bond donors (Lipinski definition) is 2. The zero-order valence-electron chi connectivity index (χ0n) is 16.3. The third-order valence-electron chi connectivity index (χ3n) is 4.47. The first kappa shape index (κ1) is 20.2. The summed E-state index contributed by atoms with van der Waals surface area (Å²) < 4.78 is 10.5. The van der Waals surface area contributed by atoms with Crippen LogP contribution in [-0.2, 0) is 29.0 Å². The van der Waals surface area contributed by atoms with Gasteiger partial charge in [-0.05, 0) is 35.4 Å². The van der Waals surface area contributed by atoms with Gasteiger partial charge in [-0.25, -0.2) is 0 Å². The fourth-order valence-electron chi connectivity index (χ4n) is 2.92. The number of furan rings is 1. The number of amides is 2. The Morgan fingerprint density at radius 2 is 1.72 bits per heavy atom. The predicted octanol–water partition coefficient (Wildman–Crippen LogP) is 2.87. The topological polar surface area (TPSA) is 80.6 Å². The molecule has 0 aliphatic heterocycles. The molecule has 2 N–H and O–H groups in total. The van der Waals surface area contributed by atoms with Gasteiger partial charge in [0.2, 0.25) is 11.8 Å². The molecule has 29 heavy (non-hydrogen) atoms. The second-order valence-corrected chi connectivity index (χ2v) is 6.63. The highest BCUT2D eigenvalue weighted by atomic mass is 16.5. The number of benzene rings is 2. The summed E-state index contributed by atoms with van der Waals surface area (Å²) in [5, 5.41) is 5.71. The van der Waals surface area contributed by atoms with E-state index in [1.807, 2.05) is 42.5 Å². The largest absolute Gasteiger partial charge is 0.497 e. The first-order valence-electron chi connectivity index (χ1n) is 9.40. The summed E-state index contributed by atoms with van der Waals surface area (Å²) in [4.78, 5) is 25.3. The highest BCUT2D eigenvalue weighted by Crippen LogP contribution is 2.12. The van der Waals surface area contributed by atoms with Crippen LogP contribution >= 0.6 is 0 Å². The van der Waals surface area contributed by atoms with Crippen molar-refractivity contribution in [1.82, 2.24) is 10.6 Å². The van der Waals surface area contributed by atoms with Crippen LogP contribution in [0.3, 0.4) is 0 Å². The standard InChI is InChI=1S/C23H24N2O4/c1-28-19-11-9-17(10-12-19)14-22(26)25-21(15-20-8-5-13-29-20)23(27)24-16-18-6-3-2-4-7-18/h2-13,21H,14-16H2,1H3,(H,24,27)(H,25,26). The summed E-state index contributed by atoms with van der Waals surface area (Å²) in [6.07, 6.45) is 2.00. The van der Waals surface area contributed by atoms with Gasteiger partial charge in [0.25, 0.3) is 0 Å². The molecular weight excluding hydrogens is 368 g/mol. The number of carbonyl (C=O) groups is 2. The van der Waals surface area contributed by atoms with Gasteiger partial charge in [-0.15, -0.1) is 0 Å². The lowest BCUT2D eigenvalue weighted by Crippen LogP contribution is -2.48. The maximum Gasteiger partial charge on any atom is 0.243 e. The maximum atomic E-state index is 12.7. The van der Waals surface area contributed by atoms with Gasteiger partial charge in [-0.3, -0.25) is 9.59 Å². The lowest BCUT2D eigenvalue weighted by Gasteiger charge is -2.18. The Morgan fingerprint density at radius 1 is 0.966 bits per heavy atom. The fourth-order valence-corrected chi connectivity index (χ4v) is 2.92. The summed E-state index contributed by atoms with van der Waals surface area (Å²) >= 11 is 0. The molecule has 0 aliphatic rings. The van der Waals surface area contributed by atoms with E-state index < -0.39 is 6.04 Å². The van der Waals surface area contributed by atoms with Gasteiger partial charge in [-0.2, -0.15) is 0 Å². The minimum absolute atomic E-state index is 0.171. The van der Waals surface area contributed by atoms with Crippen molar-refractivity contribution in [2.24, 2.45) is 0 Å². The van der Waals surface area contributed by atoms with Crippen molar-refractivity contribution in [1.29, 1.82) is 0 Å². The summed E-state index contributed by atoms with van der Waals surface area (Å²) in [7, 11) is 1.59. The average molecular weight is 392 g/mol. The number of hydrogen-bond acceptors (Lipinski definition) is 4. The van der Waals surface area contributed by atoms with Crippen molar-refractivity contribution in [3.8, 4) is 5.75 Å². The number of carbonyl (C=O) groups excluding carboxylic acids is 2. The molecule has 3 aromatic rings. The van der Waals surface area contributed by atoms with Crippen LogP contribution < -0.4 is 15.4 Å². The number of ether oxygens (including phenoxy) is 1. The predicted molar refractivity (Wildman–Crippen MR) is 109 cm³/mol. The van der Waals surface area contributed by atoms with Crippen molar-refractivity contribution >= 4 is 11.8 Å². The van der Waals surface area contributed by atoms with Crippen LogP contribution in [0.2, 0.25) is 0 Å². The van der Waals surface area contributed by atoms with E-state index in [2.05, 4.69) is 10.6 Å². The molecule has 0 fully saturated rings. The molecule has 0 spiro atoms. The summed E-state index contributed by atoms with van der Waals surface area (Å²) in [5.74, 6) is 0.870. The molecule has 1 heterocycles. The van der Waals surface area contributed by atoms with Crippen LogP contribution in [0, 0.1) is 0 Å². The Bertz CT molecular complexity index is 906. The van der Waals surface area contributed by atoms with Crippen LogP contribution in [0.25, 0.3) is 0 Å². The Labute approximate surface area is 169 Å². The molecule has 0 saturated heterocycles. The summed E-state index contributed by atoms with van der Waals surface area (Å²) in [5.41, 5.74) is 1.83. The molecular formula is C23H24N2O4. The fraction of sp³-hybridized carbons (Fsp3) is 0.217. The molecule has 1 atom stereocenters. The Morgan fingerprint density at radius 3 is 2.38 bits per heavy atom. The molecule has 2 aromatic carbocycles. The monoisotopic (exact) mass is 392 g/mol. The zero-order chi connectivity index (χ0) is 20.5. The number of methoxy groups -OCH3 is 1. The first-order valence-corrected chi connectivity index (χ1v) is 9.40. The van der Waals surface area contributed by atoms with E-state index in [0.717, 1.165) is 16.9 Å². The molecule has 6 heteroatoms. The molecule has 0 aliphatic carbocycles. The smallest absolute Gasteiger partial charge is 0.243 e. The van der Waals surface area contributed by atoms with Crippen LogP contribution in [-0.4, -0.2) is 25.0 Å². The van der Waals surface area contributed by atoms with E-state index in [-0.39, 0.29) is 24.7 Å². The van der Waals surface area contributed by atoms with E-state index in [4.69, 9.17) is 9.15 Å². The molecule has 2 amide bonds. The lowest BCUT2D eigenvalue weighted by atomic mass is 10.1. The van der Waals surface area contributed by atoms with Crippen molar-refractivity contribution in [3.63, 3.8) is 0 Å². The van der Waals surface area contributed by atoms with Gasteiger partial charge < -0.3 is 19.8 Å². The molecule has 0 saturated carbocycles. The van der Waals surface area contributed by atoms with Crippen LogP contribution in [0.1, 0.15) is 16.9 Å². The highest BCUT2D eigenvalue weighted by molar-refractivity contribution is 5.88.